The molecule has 0 radical (unpaired) electrons. The molecule has 1 heterocycles. The molecular formula is C26H23NO3S. The predicted molar refractivity (Wildman–Crippen MR) is 124 cm³/mol. The van der Waals surface area contributed by atoms with Gasteiger partial charge in [0.15, 0.2) is 0 Å². The van der Waals surface area contributed by atoms with Crippen LogP contribution in [0.25, 0.3) is 11.1 Å². The van der Waals surface area contributed by atoms with Gasteiger partial charge in [-0.05, 0) is 40.7 Å². The van der Waals surface area contributed by atoms with Crippen LogP contribution in [-0.4, -0.2) is 25.2 Å². The van der Waals surface area contributed by atoms with Gasteiger partial charge in [-0.25, -0.2) is 0 Å². The fraction of sp³-hybridized carbons (Fsp3) is 0.154. The molecule has 0 aliphatic carbocycles. The number of benzene rings is 3. The molecule has 0 fully saturated rings. The molecule has 1 N–H and O–H groups in total. The number of carbonyl (C=O) groups is 2. The molecule has 0 bridgehead atoms. The van der Waals surface area contributed by atoms with E-state index in [0.29, 0.717) is 11.1 Å². The van der Waals surface area contributed by atoms with Crippen molar-refractivity contribution in [1.82, 2.24) is 5.32 Å². The van der Waals surface area contributed by atoms with E-state index in [4.69, 9.17) is 4.74 Å². The maximum absolute atomic E-state index is 13.4. The van der Waals surface area contributed by atoms with E-state index in [1.54, 1.807) is 11.8 Å². The van der Waals surface area contributed by atoms with E-state index in [-0.39, 0.29) is 11.9 Å². The minimum atomic E-state index is -0.680. The van der Waals surface area contributed by atoms with Crippen LogP contribution in [0.3, 0.4) is 0 Å². The number of hydrogen-bond donors (Lipinski definition) is 1. The van der Waals surface area contributed by atoms with Crippen molar-refractivity contribution < 1.29 is 14.3 Å². The van der Waals surface area contributed by atoms with Crippen LogP contribution < -0.4 is 5.32 Å². The standard InChI is InChI=1S/C26H23NO3S/c1-30-26(29)23-21(17-9-5-3-6-10-17)22(18-11-7-4-8-12-18)25(28)27-24(23)19-13-15-20(31-2)16-14-19/h3-16,23-24H,1-2H3,(H,27,28)/t23-,24+/m0/s1. The maximum Gasteiger partial charge on any atom is 0.315 e. The van der Waals surface area contributed by atoms with Crippen LogP contribution >= 0.6 is 11.8 Å². The molecule has 3 aromatic rings. The molecule has 1 aliphatic rings. The summed E-state index contributed by atoms with van der Waals surface area (Å²) in [7, 11) is 1.39. The molecule has 1 amide bonds. The molecule has 4 nitrogen and oxygen atoms in total. The summed E-state index contributed by atoms with van der Waals surface area (Å²) in [5.41, 5.74) is 3.64. The number of rotatable bonds is 5. The Morgan fingerprint density at radius 3 is 2.00 bits per heavy atom. The molecule has 3 aromatic carbocycles. The summed E-state index contributed by atoms with van der Waals surface area (Å²) in [5, 5.41) is 3.08. The minimum absolute atomic E-state index is 0.204. The van der Waals surface area contributed by atoms with E-state index in [9.17, 15) is 9.59 Å². The largest absolute Gasteiger partial charge is 0.468 e. The SMILES string of the molecule is COC(=O)[C@H]1C(c2ccccc2)=C(c2ccccc2)C(=O)N[C@@H]1c1ccc(SC)cc1. The molecule has 156 valence electrons. The number of methoxy groups -OCH3 is 1. The van der Waals surface area contributed by atoms with Crippen LogP contribution in [0.15, 0.2) is 89.8 Å². The summed E-state index contributed by atoms with van der Waals surface area (Å²) < 4.78 is 5.23. The molecule has 0 saturated heterocycles. The number of nitrogens with one attached hydrogen (secondary N) is 1. The molecule has 1 aliphatic heterocycles. The number of esters is 1. The number of thioether (sulfide) groups is 1. The zero-order valence-electron chi connectivity index (χ0n) is 17.4. The monoisotopic (exact) mass is 429 g/mol. The third-order valence-electron chi connectivity index (χ3n) is 5.50. The van der Waals surface area contributed by atoms with E-state index in [1.165, 1.54) is 7.11 Å². The zero-order chi connectivity index (χ0) is 21.8. The highest BCUT2D eigenvalue weighted by atomic mass is 32.2. The minimum Gasteiger partial charge on any atom is -0.468 e. The quantitative estimate of drug-likeness (QED) is 0.459. The van der Waals surface area contributed by atoms with Crippen molar-refractivity contribution in [3.8, 4) is 0 Å². The first-order valence-corrected chi connectivity index (χ1v) is 11.2. The Balaban J connectivity index is 1.96. The van der Waals surface area contributed by atoms with Gasteiger partial charge in [0, 0.05) is 4.90 Å². The maximum atomic E-state index is 13.4. The smallest absolute Gasteiger partial charge is 0.315 e. The first kappa shape index (κ1) is 20.9. The fourth-order valence-electron chi connectivity index (χ4n) is 4.04. The van der Waals surface area contributed by atoms with Crippen LogP contribution in [0.5, 0.6) is 0 Å². The molecule has 0 spiro atoms. The van der Waals surface area contributed by atoms with Crippen molar-refractivity contribution in [3.05, 3.63) is 102 Å². The number of ether oxygens (including phenoxy) is 1. The predicted octanol–water partition coefficient (Wildman–Crippen LogP) is 4.98. The van der Waals surface area contributed by atoms with Crippen molar-refractivity contribution in [2.24, 2.45) is 5.92 Å². The number of carbonyl (C=O) groups excluding carboxylic acids is 2. The van der Waals surface area contributed by atoms with E-state index >= 15 is 0 Å². The number of hydrogen-bond acceptors (Lipinski definition) is 4. The van der Waals surface area contributed by atoms with Gasteiger partial charge in [0.2, 0.25) is 0 Å². The molecule has 0 aromatic heterocycles. The van der Waals surface area contributed by atoms with Crippen LogP contribution in [0.1, 0.15) is 22.7 Å². The van der Waals surface area contributed by atoms with Gasteiger partial charge in [0.1, 0.15) is 5.92 Å². The summed E-state index contributed by atoms with van der Waals surface area (Å²) in [4.78, 5) is 27.7. The fourth-order valence-corrected chi connectivity index (χ4v) is 4.45. The highest BCUT2D eigenvalue weighted by Crippen LogP contribution is 2.43. The third-order valence-corrected chi connectivity index (χ3v) is 6.25. The van der Waals surface area contributed by atoms with E-state index in [1.807, 2.05) is 91.2 Å². The lowest BCUT2D eigenvalue weighted by molar-refractivity contribution is -0.144. The molecule has 2 atom stereocenters. The van der Waals surface area contributed by atoms with Gasteiger partial charge >= 0.3 is 5.97 Å². The van der Waals surface area contributed by atoms with Crippen molar-refractivity contribution in [2.45, 2.75) is 10.9 Å². The van der Waals surface area contributed by atoms with E-state index in [2.05, 4.69) is 5.32 Å². The van der Waals surface area contributed by atoms with Crippen molar-refractivity contribution in [1.29, 1.82) is 0 Å². The van der Waals surface area contributed by atoms with Gasteiger partial charge in [0.05, 0.1) is 18.7 Å². The third kappa shape index (κ3) is 4.14. The van der Waals surface area contributed by atoms with Crippen LogP contribution in [0, 0.1) is 5.92 Å². The second kappa shape index (κ2) is 9.23. The van der Waals surface area contributed by atoms with E-state index in [0.717, 1.165) is 21.6 Å². The molecule has 0 saturated carbocycles. The molecular weight excluding hydrogens is 406 g/mol. The second-order valence-corrected chi connectivity index (χ2v) is 8.13. The normalized spacial score (nSPS) is 18.5. The summed E-state index contributed by atoms with van der Waals surface area (Å²) in [6.07, 6.45) is 2.01. The topological polar surface area (TPSA) is 55.4 Å². The lowest BCUT2D eigenvalue weighted by Gasteiger charge is -2.35. The Morgan fingerprint density at radius 1 is 0.871 bits per heavy atom. The van der Waals surface area contributed by atoms with Crippen LogP contribution in [0.4, 0.5) is 0 Å². The lowest BCUT2D eigenvalue weighted by atomic mass is 9.76. The summed E-state index contributed by atoms with van der Waals surface area (Å²) in [6, 6.07) is 26.4. The molecule has 0 unspecified atom stereocenters. The summed E-state index contributed by atoms with van der Waals surface area (Å²) in [5.74, 6) is -1.27. The Morgan fingerprint density at radius 2 is 1.45 bits per heavy atom. The molecule has 31 heavy (non-hydrogen) atoms. The first-order chi connectivity index (χ1) is 15.1. The molecule has 4 rings (SSSR count). The summed E-state index contributed by atoms with van der Waals surface area (Å²) in [6.45, 7) is 0. The van der Waals surface area contributed by atoms with Gasteiger partial charge in [-0.2, -0.15) is 0 Å². The average Bonchev–Trinajstić information content (AvgIpc) is 2.84. The van der Waals surface area contributed by atoms with Gasteiger partial charge in [-0.1, -0.05) is 72.8 Å². The van der Waals surface area contributed by atoms with Gasteiger partial charge in [-0.15, -0.1) is 11.8 Å². The molecule has 5 heteroatoms. The highest BCUT2D eigenvalue weighted by Gasteiger charge is 2.42. The summed E-state index contributed by atoms with van der Waals surface area (Å²) >= 11 is 1.64. The second-order valence-electron chi connectivity index (χ2n) is 7.25. The van der Waals surface area contributed by atoms with Crippen molar-refractivity contribution in [2.75, 3.05) is 13.4 Å². The Hall–Kier alpha value is -3.31. The zero-order valence-corrected chi connectivity index (χ0v) is 18.2. The van der Waals surface area contributed by atoms with Gasteiger partial charge in [-0.3, -0.25) is 9.59 Å². The lowest BCUT2D eigenvalue weighted by Crippen LogP contribution is -2.43. The Labute approximate surface area is 186 Å². The number of amides is 1. The van der Waals surface area contributed by atoms with Crippen LogP contribution in [-0.2, 0) is 14.3 Å². The average molecular weight is 430 g/mol. The van der Waals surface area contributed by atoms with Crippen molar-refractivity contribution in [3.63, 3.8) is 0 Å². The van der Waals surface area contributed by atoms with Gasteiger partial charge in [0.25, 0.3) is 5.91 Å². The van der Waals surface area contributed by atoms with Gasteiger partial charge < -0.3 is 10.1 Å². The highest BCUT2D eigenvalue weighted by molar-refractivity contribution is 7.98. The van der Waals surface area contributed by atoms with E-state index < -0.39 is 12.0 Å². The Kier molecular flexibility index (Phi) is 6.23. The Bertz CT molecular complexity index is 1110. The van der Waals surface area contributed by atoms with Crippen LogP contribution in [0.2, 0.25) is 0 Å². The van der Waals surface area contributed by atoms with Crippen molar-refractivity contribution >= 4 is 34.8 Å². The first-order valence-electron chi connectivity index (χ1n) is 10.0.